The van der Waals surface area contributed by atoms with Crippen LogP contribution >= 0.6 is 0 Å². The van der Waals surface area contributed by atoms with Crippen LogP contribution in [0.5, 0.6) is 5.75 Å². The molecular formula is C13H8F4O3. The Labute approximate surface area is 110 Å². The Morgan fingerprint density at radius 2 is 1.95 bits per heavy atom. The molecular weight excluding hydrogens is 280 g/mol. The van der Waals surface area contributed by atoms with Crippen LogP contribution in [0.2, 0.25) is 0 Å². The maximum absolute atomic E-state index is 13.0. The molecule has 0 aliphatic rings. The lowest BCUT2D eigenvalue weighted by atomic mass is 10.2. The minimum atomic E-state index is -4.79. The molecule has 0 saturated carbocycles. The number of aldehydes is 1. The number of carbonyl (C=O) groups excluding carboxylic acids is 1. The van der Waals surface area contributed by atoms with Gasteiger partial charge < -0.3 is 9.15 Å². The zero-order valence-electron chi connectivity index (χ0n) is 9.91. The Balaban J connectivity index is 2.12. The summed E-state index contributed by atoms with van der Waals surface area (Å²) in [5.41, 5.74) is -1.40. The molecule has 0 saturated heterocycles. The predicted octanol–water partition coefficient (Wildman–Crippen LogP) is 3.83. The summed E-state index contributed by atoms with van der Waals surface area (Å²) in [5.74, 6) is -1.17. The average molecular weight is 288 g/mol. The highest BCUT2D eigenvalue weighted by Gasteiger charge is 2.34. The van der Waals surface area contributed by atoms with E-state index in [2.05, 4.69) is 0 Å². The van der Waals surface area contributed by atoms with E-state index in [0.29, 0.717) is 18.4 Å². The molecule has 0 unspecified atom stereocenters. The first-order valence-corrected chi connectivity index (χ1v) is 5.43. The molecule has 106 valence electrons. The van der Waals surface area contributed by atoms with Gasteiger partial charge in [0, 0.05) is 0 Å². The summed E-state index contributed by atoms with van der Waals surface area (Å²) in [6.45, 7) is -0.170. The number of ether oxygens (including phenoxy) is 1. The molecule has 0 aliphatic heterocycles. The van der Waals surface area contributed by atoms with E-state index in [9.17, 15) is 22.4 Å². The second-order valence-corrected chi connectivity index (χ2v) is 3.85. The Morgan fingerprint density at radius 1 is 1.20 bits per heavy atom. The molecule has 1 heterocycles. The number of carbonyl (C=O) groups is 1. The first-order valence-electron chi connectivity index (χ1n) is 5.43. The molecule has 3 nitrogen and oxygen atoms in total. The second kappa shape index (κ2) is 5.36. The Morgan fingerprint density at radius 3 is 2.55 bits per heavy atom. The molecule has 0 radical (unpaired) electrons. The van der Waals surface area contributed by atoms with Gasteiger partial charge in [0.1, 0.15) is 23.9 Å². The lowest BCUT2D eigenvalue weighted by Gasteiger charge is -2.10. The topological polar surface area (TPSA) is 39.4 Å². The van der Waals surface area contributed by atoms with Gasteiger partial charge in [0.2, 0.25) is 0 Å². The summed E-state index contributed by atoms with van der Waals surface area (Å²) in [4.78, 5) is 10.4. The van der Waals surface area contributed by atoms with Crippen LogP contribution in [0.3, 0.4) is 0 Å². The fourth-order valence-corrected chi connectivity index (χ4v) is 1.50. The van der Waals surface area contributed by atoms with E-state index in [-0.39, 0.29) is 23.9 Å². The third-order valence-corrected chi connectivity index (χ3v) is 2.42. The monoisotopic (exact) mass is 288 g/mol. The minimum Gasteiger partial charge on any atom is -0.486 e. The zero-order valence-corrected chi connectivity index (χ0v) is 9.91. The van der Waals surface area contributed by atoms with Crippen LogP contribution in [0.1, 0.15) is 21.9 Å². The van der Waals surface area contributed by atoms with Crippen LogP contribution in [0.25, 0.3) is 0 Å². The van der Waals surface area contributed by atoms with Crippen molar-refractivity contribution in [1.29, 1.82) is 0 Å². The summed E-state index contributed by atoms with van der Waals surface area (Å²) in [6, 6.07) is 5.18. The Kier molecular flexibility index (Phi) is 3.78. The van der Waals surface area contributed by atoms with Crippen LogP contribution in [0.4, 0.5) is 17.6 Å². The van der Waals surface area contributed by atoms with Crippen molar-refractivity contribution in [3.63, 3.8) is 0 Å². The van der Waals surface area contributed by atoms with Crippen LogP contribution in [0.15, 0.2) is 34.7 Å². The molecule has 0 N–H and O–H groups in total. The van der Waals surface area contributed by atoms with Crippen molar-refractivity contribution in [3.8, 4) is 5.75 Å². The molecule has 0 bridgehead atoms. The van der Waals surface area contributed by atoms with Gasteiger partial charge in [0.15, 0.2) is 12.0 Å². The predicted molar refractivity (Wildman–Crippen MR) is 59.8 cm³/mol. The third-order valence-electron chi connectivity index (χ3n) is 2.42. The van der Waals surface area contributed by atoms with Crippen LogP contribution in [-0.2, 0) is 12.8 Å². The summed E-state index contributed by atoms with van der Waals surface area (Å²) in [6.07, 6.45) is -4.30. The van der Waals surface area contributed by atoms with Gasteiger partial charge in [-0.1, -0.05) is 0 Å². The van der Waals surface area contributed by atoms with E-state index in [0.717, 1.165) is 6.07 Å². The van der Waals surface area contributed by atoms with Crippen molar-refractivity contribution < 1.29 is 31.5 Å². The van der Waals surface area contributed by atoms with Crippen molar-refractivity contribution >= 4 is 6.29 Å². The standard InChI is InChI=1S/C13H8F4O3/c14-12-4-3-8(5-11(12)13(15,16)17)19-7-10-2-1-9(6-18)20-10/h1-6H,7H2. The Bertz CT molecular complexity index is 616. The van der Waals surface area contributed by atoms with Gasteiger partial charge in [-0.3, -0.25) is 4.79 Å². The molecule has 0 atom stereocenters. The number of rotatable bonds is 4. The van der Waals surface area contributed by atoms with E-state index >= 15 is 0 Å². The summed E-state index contributed by atoms with van der Waals surface area (Å²) in [5, 5.41) is 0. The quantitative estimate of drug-likeness (QED) is 0.634. The molecule has 7 heteroatoms. The van der Waals surface area contributed by atoms with Gasteiger partial charge >= 0.3 is 6.18 Å². The number of alkyl halides is 3. The van der Waals surface area contributed by atoms with E-state index in [1.54, 1.807) is 0 Å². The minimum absolute atomic E-state index is 0.0821. The van der Waals surface area contributed by atoms with E-state index in [1.165, 1.54) is 12.1 Å². The molecule has 2 aromatic rings. The zero-order chi connectivity index (χ0) is 14.8. The van der Waals surface area contributed by atoms with Crippen molar-refractivity contribution in [2.45, 2.75) is 12.8 Å². The lowest BCUT2D eigenvalue weighted by Crippen LogP contribution is -2.08. The summed E-state index contributed by atoms with van der Waals surface area (Å²) < 4.78 is 60.6. The molecule has 0 fully saturated rings. The maximum atomic E-state index is 13.0. The number of hydrogen-bond donors (Lipinski definition) is 0. The Hall–Kier alpha value is -2.31. The van der Waals surface area contributed by atoms with Gasteiger partial charge in [-0.15, -0.1) is 0 Å². The lowest BCUT2D eigenvalue weighted by molar-refractivity contribution is -0.140. The molecule has 20 heavy (non-hydrogen) atoms. The van der Waals surface area contributed by atoms with Gasteiger partial charge in [0.25, 0.3) is 0 Å². The first kappa shape index (κ1) is 14.1. The third kappa shape index (κ3) is 3.17. The van der Waals surface area contributed by atoms with Crippen molar-refractivity contribution in [1.82, 2.24) is 0 Å². The molecule has 0 aliphatic carbocycles. The maximum Gasteiger partial charge on any atom is 0.419 e. The van der Waals surface area contributed by atoms with Crippen molar-refractivity contribution in [2.75, 3.05) is 0 Å². The van der Waals surface area contributed by atoms with Gasteiger partial charge in [-0.25, -0.2) is 4.39 Å². The van der Waals surface area contributed by atoms with Gasteiger partial charge in [-0.05, 0) is 30.3 Å². The van der Waals surface area contributed by atoms with Crippen LogP contribution in [-0.4, -0.2) is 6.29 Å². The number of halogens is 4. The van der Waals surface area contributed by atoms with Crippen LogP contribution < -0.4 is 4.74 Å². The molecule has 1 aromatic carbocycles. The van der Waals surface area contributed by atoms with Crippen molar-refractivity contribution in [2.24, 2.45) is 0 Å². The van der Waals surface area contributed by atoms with Gasteiger partial charge in [0.05, 0.1) is 5.56 Å². The largest absolute Gasteiger partial charge is 0.486 e. The molecule has 1 aromatic heterocycles. The SMILES string of the molecule is O=Cc1ccc(COc2ccc(F)c(C(F)(F)F)c2)o1. The highest BCUT2D eigenvalue weighted by atomic mass is 19.4. The second-order valence-electron chi connectivity index (χ2n) is 3.85. The normalized spacial score (nSPS) is 11.4. The highest BCUT2D eigenvalue weighted by Crippen LogP contribution is 2.33. The fourth-order valence-electron chi connectivity index (χ4n) is 1.50. The van der Waals surface area contributed by atoms with E-state index in [1.807, 2.05) is 0 Å². The van der Waals surface area contributed by atoms with E-state index in [4.69, 9.17) is 9.15 Å². The summed E-state index contributed by atoms with van der Waals surface area (Å²) >= 11 is 0. The highest BCUT2D eigenvalue weighted by molar-refractivity contribution is 5.70. The fraction of sp³-hybridized carbons (Fsp3) is 0.154. The van der Waals surface area contributed by atoms with Gasteiger partial charge in [-0.2, -0.15) is 13.2 Å². The van der Waals surface area contributed by atoms with E-state index < -0.39 is 17.6 Å². The number of furan rings is 1. The molecule has 0 amide bonds. The van der Waals surface area contributed by atoms with Crippen LogP contribution in [0, 0.1) is 5.82 Å². The number of hydrogen-bond acceptors (Lipinski definition) is 3. The molecule has 2 rings (SSSR count). The first-order chi connectivity index (χ1) is 9.40. The average Bonchev–Trinajstić information content (AvgIpc) is 2.84. The van der Waals surface area contributed by atoms with Crippen molar-refractivity contribution in [3.05, 3.63) is 53.2 Å². The smallest absolute Gasteiger partial charge is 0.419 e. The number of benzene rings is 1. The molecule has 0 spiro atoms. The summed E-state index contributed by atoms with van der Waals surface area (Å²) in [7, 11) is 0.